The van der Waals surface area contributed by atoms with Crippen LogP contribution >= 0.6 is 0 Å². The van der Waals surface area contributed by atoms with Gasteiger partial charge in [-0.1, -0.05) is 6.07 Å². The maximum Gasteiger partial charge on any atom is 0.270 e. The first-order chi connectivity index (χ1) is 9.97. The van der Waals surface area contributed by atoms with Gasteiger partial charge in [0.25, 0.3) is 5.91 Å². The molecule has 2 aromatic rings. The Labute approximate surface area is 120 Å². The van der Waals surface area contributed by atoms with Crippen LogP contribution in [0.4, 0.5) is 20.3 Å². The SMILES string of the molecule is CC(C)NC(=O)c1cc(Nc2c(F)cccc2F)ncn1. The maximum absolute atomic E-state index is 13.5. The Kier molecular flexibility index (Phi) is 4.42. The van der Waals surface area contributed by atoms with Crippen LogP contribution in [0.3, 0.4) is 0 Å². The maximum atomic E-state index is 13.5. The smallest absolute Gasteiger partial charge is 0.270 e. The molecule has 0 saturated heterocycles. The lowest BCUT2D eigenvalue weighted by Gasteiger charge is -2.10. The second kappa shape index (κ2) is 6.25. The Morgan fingerprint density at radius 3 is 2.48 bits per heavy atom. The first-order valence-electron chi connectivity index (χ1n) is 6.31. The summed E-state index contributed by atoms with van der Waals surface area (Å²) >= 11 is 0. The fourth-order valence-electron chi connectivity index (χ4n) is 1.63. The molecule has 0 saturated carbocycles. The van der Waals surface area contributed by atoms with Gasteiger partial charge in [0.2, 0.25) is 0 Å². The van der Waals surface area contributed by atoms with E-state index in [2.05, 4.69) is 20.6 Å². The third kappa shape index (κ3) is 3.71. The molecule has 0 aliphatic heterocycles. The van der Waals surface area contributed by atoms with E-state index in [0.717, 1.165) is 18.5 Å². The Balaban J connectivity index is 2.24. The van der Waals surface area contributed by atoms with Crippen LogP contribution in [-0.2, 0) is 0 Å². The first kappa shape index (κ1) is 14.8. The highest BCUT2D eigenvalue weighted by atomic mass is 19.1. The molecule has 0 spiro atoms. The van der Waals surface area contributed by atoms with Gasteiger partial charge in [0.05, 0.1) is 0 Å². The molecule has 0 aliphatic carbocycles. The standard InChI is InChI=1S/C14H14F2N4O/c1-8(2)19-14(21)11-6-12(18-7-17-11)20-13-9(15)4-3-5-10(13)16/h3-8H,1-2H3,(H,19,21)(H,17,18,20). The average molecular weight is 292 g/mol. The van der Waals surface area contributed by atoms with E-state index in [1.54, 1.807) is 0 Å². The highest BCUT2D eigenvalue weighted by Crippen LogP contribution is 2.21. The van der Waals surface area contributed by atoms with Gasteiger partial charge in [-0.15, -0.1) is 0 Å². The first-order valence-corrected chi connectivity index (χ1v) is 6.31. The molecule has 0 radical (unpaired) electrons. The van der Waals surface area contributed by atoms with Crippen LogP contribution in [0.25, 0.3) is 0 Å². The molecule has 0 atom stereocenters. The molecule has 7 heteroatoms. The number of aromatic nitrogens is 2. The van der Waals surface area contributed by atoms with Crippen molar-refractivity contribution in [3.05, 3.63) is 47.9 Å². The number of carbonyl (C=O) groups is 1. The molecule has 1 aromatic heterocycles. The summed E-state index contributed by atoms with van der Waals surface area (Å²) in [7, 11) is 0. The number of nitrogens with zero attached hydrogens (tertiary/aromatic N) is 2. The third-order valence-electron chi connectivity index (χ3n) is 2.54. The lowest BCUT2D eigenvalue weighted by Crippen LogP contribution is -2.30. The Hall–Kier alpha value is -2.57. The van der Waals surface area contributed by atoms with Gasteiger partial charge in [0, 0.05) is 12.1 Å². The minimum atomic E-state index is -0.748. The molecular formula is C14H14F2N4O. The summed E-state index contributed by atoms with van der Waals surface area (Å²) in [6.07, 6.45) is 1.15. The largest absolute Gasteiger partial charge is 0.349 e. The van der Waals surface area contributed by atoms with Crippen molar-refractivity contribution in [2.24, 2.45) is 0 Å². The minimum Gasteiger partial charge on any atom is -0.349 e. The van der Waals surface area contributed by atoms with Crippen LogP contribution < -0.4 is 10.6 Å². The van der Waals surface area contributed by atoms with Crippen molar-refractivity contribution >= 4 is 17.4 Å². The van der Waals surface area contributed by atoms with Crippen molar-refractivity contribution in [2.45, 2.75) is 19.9 Å². The highest BCUT2D eigenvalue weighted by molar-refractivity contribution is 5.93. The molecule has 1 heterocycles. The molecule has 5 nitrogen and oxygen atoms in total. The number of hydrogen-bond donors (Lipinski definition) is 2. The van der Waals surface area contributed by atoms with Crippen LogP contribution in [0.15, 0.2) is 30.6 Å². The Morgan fingerprint density at radius 1 is 1.19 bits per heavy atom. The van der Waals surface area contributed by atoms with Crippen molar-refractivity contribution in [2.75, 3.05) is 5.32 Å². The van der Waals surface area contributed by atoms with E-state index in [-0.39, 0.29) is 29.1 Å². The van der Waals surface area contributed by atoms with Gasteiger partial charge >= 0.3 is 0 Å². The summed E-state index contributed by atoms with van der Waals surface area (Å²) in [4.78, 5) is 19.5. The molecule has 1 aromatic carbocycles. The van der Waals surface area contributed by atoms with Gasteiger partial charge in [0.1, 0.15) is 35.2 Å². The molecule has 0 fully saturated rings. The van der Waals surface area contributed by atoms with E-state index in [0.29, 0.717) is 0 Å². The van der Waals surface area contributed by atoms with Crippen LogP contribution in [0.1, 0.15) is 24.3 Å². The van der Waals surface area contributed by atoms with Crippen molar-refractivity contribution in [1.82, 2.24) is 15.3 Å². The molecular weight excluding hydrogens is 278 g/mol. The van der Waals surface area contributed by atoms with Gasteiger partial charge in [-0.3, -0.25) is 4.79 Å². The highest BCUT2D eigenvalue weighted by Gasteiger charge is 2.12. The molecule has 0 unspecified atom stereocenters. The zero-order chi connectivity index (χ0) is 15.4. The molecule has 21 heavy (non-hydrogen) atoms. The summed E-state index contributed by atoms with van der Waals surface area (Å²) in [5.41, 5.74) is -0.218. The number of hydrogen-bond acceptors (Lipinski definition) is 4. The number of halogens is 2. The average Bonchev–Trinajstić information content (AvgIpc) is 2.43. The summed E-state index contributed by atoms with van der Waals surface area (Å²) in [5.74, 6) is -1.75. The van der Waals surface area contributed by atoms with Crippen LogP contribution in [0, 0.1) is 11.6 Å². The van der Waals surface area contributed by atoms with E-state index in [1.807, 2.05) is 13.8 Å². The van der Waals surface area contributed by atoms with E-state index >= 15 is 0 Å². The van der Waals surface area contributed by atoms with E-state index in [1.165, 1.54) is 12.1 Å². The lowest BCUT2D eigenvalue weighted by atomic mass is 10.2. The fourth-order valence-corrected chi connectivity index (χ4v) is 1.63. The number of para-hydroxylation sites is 1. The Bertz CT molecular complexity index is 641. The van der Waals surface area contributed by atoms with E-state index < -0.39 is 11.6 Å². The molecule has 1 amide bonds. The molecule has 2 rings (SSSR count). The van der Waals surface area contributed by atoms with E-state index in [9.17, 15) is 13.6 Å². The predicted octanol–water partition coefficient (Wildman–Crippen LogP) is 2.64. The van der Waals surface area contributed by atoms with Crippen molar-refractivity contribution in [1.29, 1.82) is 0 Å². The van der Waals surface area contributed by atoms with Crippen LogP contribution in [0.2, 0.25) is 0 Å². The summed E-state index contributed by atoms with van der Waals surface area (Å²) < 4.78 is 27.1. The normalized spacial score (nSPS) is 10.5. The summed E-state index contributed by atoms with van der Waals surface area (Å²) in [6, 6.07) is 4.78. The van der Waals surface area contributed by atoms with Gasteiger partial charge in [-0.25, -0.2) is 18.7 Å². The lowest BCUT2D eigenvalue weighted by molar-refractivity contribution is 0.0938. The molecule has 0 aliphatic rings. The van der Waals surface area contributed by atoms with Crippen molar-refractivity contribution in [3.8, 4) is 0 Å². The number of nitrogens with one attached hydrogen (secondary N) is 2. The predicted molar refractivity (Wildman–Crippen MR) is 74.3 cm³/mol. The van der Waals surface area contributed by atoms with Gasteiger partial charge in [-0.2, -0.15) is 0 Å². The molecule has 2 N–H and O–H groups in total. The van der Waals surface area contributed by atoms with Gasteiger partial charge < -0.3 is 10.6 Å². The Morgan fingerprint density at radius 2 is 1.86 bits per heavy atom. The topological polar surface area (TPSA) is 66.9 Å². The number of carbonyl (C=O) groups excluding carboxylic acids is 1. The third-order valence-corrected chi connectivity index (χ3v) is 2.54. The van der Waals surface area contributed by atoms with Gasteiger partial charge in [0.15, 0.2) is 0 Å². The molecule has 110 valence electrons. The number of anilines is 2. The fraction of sp³-hybridized carbons (Fsp3) is 0.214. The van der Waals surface area contributed by atoms with Crippen molar-refractivity contribution < 1.29 is 13.6 Å². The minimum absolute atomic E-state index is 0.0483. The van der Waals surface area contributed by atoms with E-state index in [4.69, 9.17) is 0 Å². The molecule has 0 bridgehead atoms. The van der Waals surface area contributed by atoms with Crippen molar-refractivity contribution in [3.63, 3.8) is 0 Å². The summed E-state index contributed by atoms with van der Waals surface area (Å²) in [6.45, 7) is 3.62. The van der Waals surface area contributed by atoms with Crippen LogP contribution in [0.5, 0.6) is 0 Å². The monoisotopic (exact) mass is 292 g/mol. The summed E-state index contributed by atoms with van der Waals surface area (Å²) in [5, 5.41) is 5.18. The number of amides is 1. The van der Waals surface area contributed by atoms with Gasteiger partial charge in [-0.05, 0) is 26.0 Å². The number of benzene rings is 1. The zero-order valence-electron chi connectivity index (χ0n) is 11.5. The quantitative estimate of drug-likeness (QED) is 0.909. The number of rotatable bonds is 4. The van der Waals surface area contributed by atoms with Crippen LogP contribution in [-0.4, -0.2) is 21.9 Å². The zero-order valence-corrected chi connectivity index (χ0v) is 11.5. The second-order valence-corrected chi connectivity index (χ2v) is 4.64. The second-order valence-electron chi connectivity index (χ2n) is 4.64.